The summed E-state index contributed by atoms with van der Waals surface area (Å²) >= 11 is 0. The fraction of sp³-hybridized carbons (Fsp3) is 0.600. The molecule has 0 saturated heterocycles. The molecule has 120 valence electrons. The van der Waals surface area contributed by atoms with Crippen molar-refractivity contribution in [1.29, 1.82) is 0 Å². The number of sulfonamides is 1. The zero-order valence-electron chi connectivity index (χ0n) is 13.1. The fourth-order valence-corrected chi connectivity index (χ4v) is 4.29. The van der Waals surface area contributed by atoms with Crippen LogP contribution < -0.4 is 5.73 Å². The summed E-state index contributed by atoms with van der Waals surface area (Å²) in [5, 5.41) is 0. The van der Waals surface area contributed by atoms with Crippen molar-refractivity contribution in [2.24, 2.45) is 5.92 Å². The lowest BCUT2D eigenvalue weighted by molar-refractivity contribution is 0.277. The molecule has 0 bridgehead atoms. The van der Waals surface area contributed by atoms with E-state index in [4.69, 9.17) is 5.73 Å². The van der Waals surface area contributed by atoms with E-state index in [0.29, 0.717) is 6.54 Å². The Bertz CT molecular complexity index is 569. The Morgan fingerprint density at radius 3 is 2.24 bits per heavy atom. The summed E-state index contributed by atoms with van der Waals surface area (Å²) < 4.78 is 40.5. The summed E-state index contributed by atoms with van der Waals surface area (Å²) in [7, 11) is -3.67. The van der Waals surface area contributed by atoms with Crippen molar-refractivity contribution < 1.29 is 12.8 Å². The number of anilines is 1. The summed E-state index contributed by atoms with van der Waals surface area (Å²) in [4.78, 5) is 0.0500. The van der Waals surface area contributed by atoms with Gasteiger partial charge in [0, 0.05) is 12.6 Å². The number of nitrogens with two attached hydrogens (primary N) is 1. The second-order valence-electron chi connectivity index (χ2n) is 5.62. The third-order valence-electron chi connectivity index (χ3n) is 3.47. The molecule has 0 heterocycles. The van der Waals surface area contributed by atoms with Crippen LogP contribution in [0.25, 0.3) is 0 Å². The molecule has 6 heteroatoms. The lowest BCUT2D eigenvalue weighted by Crippen LogP contribution is -2.42. The number of hydrogen-bond acceptors (Lipinski definition) is 3. The highest BCUT2D eigenvalue weighted by atomic mass is 32.2. The van der Waals surface area contributed by atoms with Gasteiger partial charge in [0.05, 0.1) is 10.6 Å². The minimum atomic E-state index is -3.67. The van der Waals surface area contributed by atoms with Crippen molar-refractivity contribution in [3.8, 4) is 0 Å². The van der Waals surface area contributed by atoms with Gasteiger partial charge in [-0.1, -0.05) is 27.7 Å². The van der Waals surface area contributed by atoms with Crippen molar-refractivity contribution in [2.75, 3.05) is 12.3 Å². The normalized spacial score (nSPS) is 12.6. The zero-order valence-corrected chi connectivity index (χ0v) is 14.0. The average molecular weight is 316 g/mol. The molecule has 21 heavy (non-hydrogen) atoms. The monoisotopic (exact) mass is 316 g/mol. The first kappa shape index (κ1) is 17.9. The third kappa shape index (κ3) is 4.17. The predicted molar refractivity (Wildman–Crippen MR) is 83.9 cm³/mol. The molecule has 1 aromatic carbocycles. The highest BCUT2D eigenvalue weighted by Gasteiger charge is 2.30. The second-order valence-corrected chi connectivity index (χ2v) is 7.51. The molecule has 0 fully saturated rings. The minimum absolute atomic E-state index is 0.0500. The molecule has 0 aromatic heterocycles. The van der Waals surface area contributed by atoms with Gasteiger partial charge in [0.15, 0.2) is 0 Å². The van der Waals surface area contributed by atoms with Gasteiger partial charge in [-0.2, -0.15) is 4.31 Å². The Balaban J connectivity index is 3.28. The van der Waals surface area contributed by atoms with E-state index in [0.717, 1.165) is 18.9 Å². The predicted octanol–water partition coefficient (Wildman–Crippen LogP) is 3.24. The van der Waals surface area contributed by atoms with Crippen LogP contribution in [-0.4, -0.2) is 25.3 Å². The van der Waals surface area contributed by atoms with E-state index in [1.54, 1.807) is 0 Å². The van der Waals surface area contributed by atoms with Crippen LogP contribution in [0.3, 0.4) is 0 Å². The van der Waals surface area contributed by atoms with Crippen molar-refractivity contribution in [1.82, 2.24) is 4.31 Å². The van der Waals surface area contributed by atoms with Crippen LogP contribution in [-0.2, 0) is 10.0 Å². The maximum atomic E-state index is 13.3. The van der Waals surface area contributed by atoms with Crippen LogP contribution in [0.5, 0.6) is 0 Å². The molecule has 0 atom stereocenters. The van der Waals surface area contributed by atoms with Crippen LogP contribution >= 0.6 is 0 Å². The van der Waals surface area contributed by atoms with E-state index in [1.807, 2.05) is 27.7 Å². The van der Waals surface area contributed by atoms with Gasteiger partial charge < -0.3 is 5.73 Å². The molecule has 0 spiro atoms. The first-order valence-corrected chi connectivity index (χ1v) is 8.74. The molecular weight excluding hydrogens is 291 g/mol. The number of hydrogen-bond donors (Lipinski definition) is 1. The molecule has 0 saturated carbocycles. The Morgan fingerprint density at radius 1 is 1.24 bits per heavy atom. The number of nitrogen functional groups attached to an aromatic ring is 1. The van der Waals surface area contributed by atoms with Crippen molar-refractivity contribution in [2.45, 2.75) is 51.5 Å². The highest BCUT2D eigenvalue weighted by Crippen LogP contribution is 2.25. The van der Waals surface area contributed by atoms with Gasteiger partial charge in [-0.05, 0) is 37.0 Å². The topological polar surface area (TPSA) is 63.4 Å². The molecule has 4 nitrogen and oxygen atoms in total. The Labute approximate surface area is 127 Å². The van der Waals surface area contributed by atoms with Crippen molar-refractivity contribution >= 4 is 15.7 Å². The van der Waals surface area contributed by atoms with E-state index >= 15 is 0 Å². The van der Waals surface area contributed by atoms with Gasteiger partial charge in [-0.3, -0.25) is 0 Å². The molecule has 0 amide bonds. The molecule has 0 aliphatic rings. The summed E-state index contributed by atoms with van der Waals surface area (Å²) in [5.41, 5.74) is 5.35. The summed E-state index contributed by atoms with van der Waals surface area (Å²) in [6.45, 7) is 8.33. The van der Waals surface area contributed by atoms with Gasteiger partial charge in [-0.25, -0.2) is 12.8 Å². The average Bonchev–Trinajstić information content (AvgIpc) is 2.41. The standard InChI is InChI=1S/C15H25FN2O2S/c1-5-12(6-2)18(10-11(3)4)21(19,20)13-7-8-14(16)15(17)9-13/h7-9,11-12H,5-6,10,17H2,1-4H3. The Kier molecular flexibility index (Phi) is 6.16. The number of rotatable bonds is 7. The Morgan fingerprint density at radius 2 is 1.81 bits per heavy atom. The first-order chi connectivity index (χ1) is 9.73. The molecular formula is C15H25FN2O2S. The van der Waals surface area contributed by atoms with Crippen LogP contribution in [0.2, 0.25) is 0 Å². The Hall–Kier alpha value is -1.14. The van der Waals surface area contributed by atoms with Crippen LogP contribution in [0, 0.1) is 11.7 Å². The quantitative estimate of drug-likeness (QED) is 0.785. The van der Waals surface area contributed by atoms with E-state index in [-0.39, 0.29) is 22.5 Å². The number of benzene rings is 1. The molecule has 1 aromatic rings. The van der Waals surface area contributed by atoms with E-state index in [1.165, 1.54) is 16.4 Å². The SMILES string of the molecule is CCC(CC)N(CC(C)C)S(=O)(=O)c1ccc(F)c(N)c1. The number of nitrogens with zero attached hydrogens (tertiary/aromatic N) is 1. The van der Waals surface area contributed by atoms with Gasteiger partial charge in [0.25, 0.3) is 0 Å². The fourth-order valence-electron chi connectivity index (χ4n) is 2.32. The molecule has 0 radical (unpaired) electrons. The van der Waals surface area contributed by atoms with Gasteiger partial charge in [-0.15, -0.1) is 0 Å². The maximum Gasteiger partial charge on any atom is 0.243 e. The third-order valence-corrected chi connectivity index (χ3v) is 5.38. The summed E-state index contributed by atoms with van der Waals surface area (Å²) in [5.74, 6) is -0.398. The van der Waals surface area contributed by atoms with E-state index < -0.39 is 15.8 Å². The molecule has 0 aliphatic carbocycles. The highest BCUT2D eigenvalue weighted by molar-refractivity contribution is 7.89. The molecule has 2 N–H and O–H groups in total. The van der Waals surface area contributed by atoms with Crippen LogP contribution in [0.1, 0.15) is 40.5 Å². The largest absolute Gasteiger partial charge is 0.396 e. The maximum absolute atomic E-state index is 13.3. The lowest BCUT2D eigenvalue weighted by Gasteiger charge is -2.31. The van der Waals surface area contributed by atoms with Gasteiger partial charge in [0.2, 0.25) is 10.0 Å². The van der Waals surface area contributed by atoms with Crippen LogP contribution in [0.15, 0.2) is 23.1 Å². The summed E-state index contributed by atoms with van der Waals surface area (Å²) in [6, 6.07) is 3.50. The molecule has 0 aliphatic heterocycles. The minimum Gasteiger partial charge on any atom is -0.396 e. The van der Waals surface area contributed by atoms with E-state index in [2.05, 4.69) is 0 Å². The molecule has 1 rings (SSSR count). The van der Waals surface area contributed by atoms with Gasteiger partial charge >= 0.3 is 0 Å². The second kappa shape index (κ2) is 7.22. The summed E-state index contributed by atoms with van der Waals surface area (Å²) in [6.07, 6.45) is 1.47. The first-order valence-electron chi connectivity index (χ1n) is 7.30. The van der Waals surface area contributed by atoms with Gasteiger partial charge in [0.1, 0.15) is 5.82 Å². The smallest absolute Gasteiger partial charge is 0.243 e. The van der Waals surface area contributed by atoms with Crippen LogP contribution in [0.4, 0.5) is 10.1 Å². The lowest BCUT2D eigenvalue weighted by atomic mass is 10.1. The number of halogens is 1. The van der Waals surface area contributed by atoms with E-state index in [9.17, 15) is 12.8 Å². The van der Waals surface area contributed by atoms with Crippen molar-refractivity contribution in [3.05, 3.63) is 24.0 Å². The van der Waals surface area contributed by atoms with Crippen molar-refractivity contribution in [3.63, 3.8) is 0 Å². The zero-order chi connectivity index (χ0) is 16.2. The molecule has 0 unspecified atom stereocenters.